The molecule has 0 atom stereocenters. The van der Waals surface area contributed by atoms with Gasteiger partial charge in [0.1, 0.15) is 6.61 Å². The van der Waals surface area contributed by atoms with Gasteiger partial charge in [-0.3, -0.25) is 9.78 Å². The number of hydrogen-bond donors (Lipinski definition) is 0. The summed E-state index contributed by atoms with van der Waals surface area (Å²) < 4.78 is 19.4. The number of carbonyl (C=O) groups is 1. The number of nitrogens with zero attached hydrogens (tertiary/aromatic N) is 5. The van der Waals surface area contributed by atoms with Crippen LogP contribution in [0.4, 0.5) is 0 Å². The van der Waals surface area contributed by atoms with Gasteiger partial charge in [-0.1, -0.05) is 12.1 Å². The number of aromatic nitrogens is 5. The molecule has 0 bridgehead atoms. The molecule has 0 aliphatic rings. The average Bonchev–Trinajstić information content (AvgIpc) is 3.39. The molecule has 0 aliphatic heterocycles. The predicted octanol–water partition coefficient (Wildman–Crippen LogP) is 2.74. The molecule has 0 amide bonds. The highest BCUT2D eigenvalue weighted by Gasteiger charge is 2.15. The summed E-state index contributed by atoms with van der Waals surface area (Å²) in [6.45, 7) is 3.02. The maximum absolute atomic E-state index is 11.7. The highest BCUT2D eigenvalue weighted by molar-refractivity contribution is 5.85. The highest BCUT2D eigenvalue weighted by atomic mass is 16.5. The van der Waals surface area contributed by atoms with E-state index in [0.29, 0.717) is 37.3 Å². The van der Waals surface area contributed by atoms with Crippen LogP contribution in [0.15, 0.2) is 55.1 Å². The second kappa shape index (κ2) is 9.40. The number of esters is 1. The Balaban J connectivity index is 1.64. The molecule has 0 spiro atoms. The number of para-hydroxylation sites is 1. The first kappa shape index (κ1) is 20.5. The Morgan fingerprint density at radius 2 is 1.94 bits per heavy atom. The lowest BCUT2D eigenvalue weighted by Gasteiger charge is -2.06. The molecule has 31 heavy (non-hydrogen) atoms. The van der Waals surface area contributed by atoms with Crippen LogP contribution in [0.5, 0.6) is 5.88 Å². The fourth-order valence-electron chi connectivity index (χ4n) is 3.18. The monoisotopic (exact) mass is 421 g/mol. The number of ether oxygens (including phenoxy) is 3. The Kier molecular flexibility index (Phi) is 6.23. The summed E-state index contributed by atoms with van der Waals surface area (Å²) in [4.78, 5) is 20.8. The Morgan fingerprint density at radius 3 is 2.77 bits per heavy atom. The number of carbonyl (C=O) groups excluding carboxylic acids is 1. The Labute approximate surface area is 179 Å². The quantitative estimate of drug-likeness (QED) is 0.303. The molecule has 9 nitrogen and oxygen atoms in total. The minimum Gasteiger partial charge on any atom is -0.474 e. The van der Waals surface area contributed by atoms with Gasteiger partial charge in [-0.25, -0.2) is 9.67 Å². The lowest BCUT2D eigenvalue weighted by molar-refractivity contribution is -0.142. The molecule has 3 aromatic heterocycles. The zero-order chi connectivity index (χ0) is 21.6. The topological polar surface area (TPSA) is 93.3 Å². The lowest BCUT2D eigenvalue weighted by atomic mass is 10.2. The largest absolute Gasteiger partial charge is 0.474 e. The Hall–Kier alpha value is -3.72. The molecule has 3 heterocycles. The number of hydrogen-bond acceptors (Lipinski definition) is 7. The summed E-state index contributed by atoms with van der Waals surface area (Å²) in [6.07, 6.45) is 7.18. The Bertz CT molecular complexity index is 1180. The van der Waals surface area contributed by atoms with Gasteiger partial charge < -0.3 is 18.8 Å². The van der Waals surface area contributed by atoms with E-state index in [0.717, 1.165) is 16.5 Å². The second-order valence-electron chi connectivity index (χ2n) is 6.72. The van der Waals surface area contributed by atoms with E-state index in [1.807, 2.05) is 47.3 Å². The SMILES string of the molecule is CCOC(=O)Cc1ccn(-c2cncc(-n3nc(OCCOC)c4ccccc43)n2)c1. The first-order chi connectivity index (χ1) is 15.2. The van der Waals surface area contributed by atoms with E-state index in [9.17, 15) is 4.79 Å². The smallest absolute Gasteiger partial charge is 0.310 e. The van der Waals surface area contributed by atoms with Crippen molar-refractivity contribution in [3.63, 3.8) is 0 Å². The van der Waals surface area contributed by atoms with E-state index < -0.39 is 0 Å². The zero-order valence-corrected chi connectivity index (χ0v) is 17.4. The minimum atomic E-state index is -0.260. The number of benzene rings is 1. The molecule has 0 N–H and O–H groups in total. The van der Waals surface area contributed by atoms with Crippen molar-refractivity contribution in [3.8, 4) is 17.5 Å². The number of methoxy groups -OCH3 is 1. The zero-order valence-electron chi connectivity index (χ0n) is 17.4. The van der Waals surface area contributed by atoms with Crippen molar-refractivity contribution in [2.75, 3.05) is 26.9 Å². The van der Waals surface area contributed by atoms with Crippen LogP contribution < -0.4 is 4.74 Å². The molecule has 4 rings (SSSR count). The van der Waals surface area contributed by atoms with Gasteiger partial charge in [0.2, 0.25) is 5.88 Å². The van der Waals surface area contributed by atoms with Crippen molar-refractivity contribution in [2.45, 2.75) is 13.3 Å². The fourth-order valence-corrected chi connectivity index (χ4v) is 3.18. The molecule has 1 aromatic carbocycles. The fraction of sp³-hybridized carbons (Fsp3) is 0.273. The normalized spacial score (nSPS) is 11.0. The van der Waals surface area contributed by atoms with Crippen LogP contribution in [0.3, 0.4) is 0 Å². The van der Waals surface area contributed by atoms with Gasteiger partial charge >= 0.3 is 5.97 Å². The maximum atomic E-state index is 11.7. The average molecular weight is 421 g/mol. The minimum absolute atomic E-state index is 0.208. The predicted molar refractivity (Wildman–Crippen MR) is 114 cm³/mol. The van der Waals surface area contributed by atoms with Gasteiger partial charge in [-0.05, 0) is 30.7 Å². The number of rotatable bonds is 9. The van der Waals surface area contributed by atoms with Crippen LogP contribution in [0.25, 0.3) is 22.5 Å². The maximum Gasteiger partial charge on any atom is 0.310 e. The van der Waals surface area contributed by atoms with Gasteiger partial charge in [-0.15, -0.1) is 5.10 Å². The van der Waals surface area contributed by atoms with Crippen molar-refractivity contribution >= 4 is 16.9 Å². The van der Waals surface area contributed by atoms with E-state index >= 15 is 0 Å². The van der Waals surface area contributed by atoms with Gasteiger partial charge in [0.15, 0.2) is 11.6 Å². The van der Waals surface area contributed by atoms with Crippen LogP contribution in [0, 0.1) is 0 Å². The standard InChI is InChI=1S/C22H23N5O4/c1-3-30-21(28)12-16-8-9-26(15-16)19-13-23-14-20(24-19)27-18-7-5-4-6-17(18)22(25-27)31-11-10-29-2/h4-9,13-15H,3,10-12H2,1-2H3. The summed E-state index contributed by atoms with van der Waals surface area (Å²) in [5, 5.41) is 5.48. The molecular weight excluding hydrogens is 398 g/mol. The summed E-state index contributed by atoms with van der Waals surface area (Å²) in [7, 11) is 1.63. The van der Waals surface area contributed by atoms with E-state index in [1.54, 1.807) is 31.1 Å². The summed E-state index contributed by atoms with van der Waals surface area (Å²) in [5.74, 6) is 1.41. The molecule has 0 saturated heterocycles. The van der Waals surface area contributed by atoms with Gasteiger partial charge in [0.25, 0.3) is 0 Å². The summed E-state index contributed by atoms with van der Waals surface area (Å²) in [5.41, 5.74) is 1.70. The molecule has 0 unspecified atom stereocenters. The van der Waals surface area contributed by atoms with Gasteiger partial charge in [-0.2, -0.15) is 0 Å². The van der Waals surface area contributed by atoms with Crippen LogP contribution in [-0.2, 0) is 20.7 Å². The molecule has 160 valence electrons. The third-order valence-corrected chi connectivity index (χ3v) is 4.58. The molecule has 0 radical (unpaired) electrons. The van der Waals surface area contributed by atoms with E-state index in [4.69, 9.17) is 19.2 Å². The van der Waals surface area contributed by atoms with E-state index in [-0.39, 0.29) is 12.4 Å². The van der Waals surface area contributed by atoms with Crippen molar-refractivity contribution in [1.82, 2.24) is 24.3 Å². The third kappa shape index (κ3) is 4.56. The highest BCUT2D eigenvalue weighted by Crippen LogP contribution is 2.26. The van der Waals surface area contributed by atoms with Crippen LogP contribution in [0.2, 0.25) is 0 Å². The van der Waals surface area contributed by atoms with Gasteiger partial charge in [0, 0.05) is 19.5 Å². The van der Waals surface area contributed by atoms with Crippen molar-refractivity contribution in [3.05, 3.63) is 60.7 Å². The van der Waals surface area contributed by atoms with Crippen molar-refractivity contribution in [1.29, 1.82) is 0 Å². The number of fused-ring (bicyclic) bond motifs is 1. The summed E-state index contributed by atoms with van der Waals surface area (Å²) in [6, 6.07) is 9.63. The molecule has 9 heteroatoms. The summed E-state index contributed by atoms with van der Waals surface area (Å²) >= 11 is 0. The van der Waals surface area contributed by atoms with Crippen LogP contribution >= 0.6 is 0 Å². The first-order valence-electron chi connectivity index (χ1n) is 9.94. The second-order valence-corrected chi connectivity index (χ2v) is 6.72. The lowest BCUT2D eigenvalue weighted by Crippen LogP contribution is -2.07. The molecule has 4 aromatic rings. The van der Waals surface area contributed by atoms with E-state index in [2.05, 4.69) is 10.1 Å². The molecule has 0 saturated carbocycles. The van der Waals surface area contributed by atoms with Crippen molar-refractivity contribution < 1.29 is 19.0 Å². The Morgan fingerprint density at radius 1 is 1.10 bits per heavy atom. The van der Waals surface area contributed by atoms with Crippen LogP contribution in [-0.4, -0.2) is 57.2 Å². The van der Waals surface area contributed by atoms with Gasteiger partial charge in [0.05, 0.1) is 42.9 Å². The molecular formula is C22H23N5O4. The third-order valence-electron chi connectivity index (χ3n) is 4.58. The first-order valence-corrected chi connectivity index (χ1v) is 9.94. The van der Waals surface area contributed by atoms with E-state index in [1.165, 1.54) is 0 Å². The van der Waals surface area contributed by atoms with Crippen LogP contribution in [0.1, 0.15) is 12.5 Å². The molecule has 0 fully saturated rings. The van der Waals surface area contributed by atoms with Crippen molar-refractivity contribution in [2.24, 2.45) is 0 Å². The molecule has 0 aliphatic carbocycles.